The zero-order chi connectivity index (χ0) is 17.2. The third-order valence-electron chi connectivity index (χ3n) is 4.29. The van der Waals surface area contributed by atoms with Crippen LogP contribution in [0, 0.1) is 6.92 Å². The van der Waals surface area contributed by atoms with Crippen molar-refractivity contribution in [2.24, 2.45) is 7.05 Å². The second-order valence-electron chi connectivity index (χ2n) is 5.96. The zero-order valence-electron chi connectivity index (χ0n) is 13.7. The summed E-state index contributed by atoms with van der Waals surface area (Å²) >= 11 is 1.67. The van der Waals surface area contributed by atoms with Crippen LogP contribution in [0.4, 0.5) is 0 Å². The first-order chi connectivity index (χ1) is 11.5. The van der Waals surface area contributed by atoms with E-state index in [0.29, 0.717) is 10.9 Å². The molecule has 1 aliphatic carbocycles. The van der Waals surface area contributed by atoms with E-state index in [0.717, 1.165) is 30.8 Å². The van der Waals surface area contributed by atoms with Crippen LogP contribution in [0.25, 0.3) is 0 Å². The van der Waals surface area contributed by atoms with Gasteiger partial charge in [-0.05, 0) is 38.7 Å². The maximum absolute atomic E-state index is 12.5. The Hall–Kier alpha value is -1.45. The van der Waals surface area contributed by atoms with Crippen molar-refractivity contribution in [1.82, 2.24) is 24.5 Å². The van der Waals surface area contributed by atoms with E-state index in [1.807, 2.05) is 0 Å². The fraction of sp³-hybridized carbons (Fsp3) is 0.533. The van der Waals surface area contributed by atoms with Crippen molar-refractivity contribution in [3.63, 3.8) is 0 Å². The molecule has 2 aromatic heterocycles. The normalized spacial score (nSPS) is 21.8. The summed E-state index contributed by atoms with van der Waals surface area (Å²) < 4.78 is 29.4. The Morgan fingerprint density at radius 3 is 2.46 bits per heavy atom. The topological polar surface area (TPSA) is 89.8 Å². The molecule has 1 saturated carbocycles. The third kappa shape index (κ3) is 3.96. The number of aryl methyl sites for hydroxylation is 1. The molecule has 1 fully saturated rings. The largest absolute Gasteiger partial charge is 0.272 e. The van der Waals surface area contributed by atoms with Crippen LogP contribution in [-0.4, -0.2) is 39.5 Å². The monoisotopic (exact) mass is 367 g/mol. The van der Waals surface area contributed by atoms with Gasteiger partial charge >= 0.3 is 0 Å². The average molecular weight is 368 g/mol. The number of nitrogens with zero attached hydrogens (tertiary/aromatic N) is 4. The highest BCUT2D eigenvalue weighted by Crippen LogP contribution is 2.32. The van der Waals surface area contributed by atoms with E-state index in [1.54, 1.807) is 48.9 Å². The van der Waals surface area contributed by atoms with Crippen molar-refractivity contribution in [3.8, 4) is 0 Å². The molecule has 0 aliphatic heterocycles. The molecule has 0 radical (unpaired) electrons. The number of nitrogens with one attached hydrogen (secondary N) is 1. The van der Waals surface area contributed by atoms with Crippen LogP contribution < -0.4 is 4.72 Å². The summed E-state index contributed by atoms with van der Waals surface area (Å²) in [7, 11) is -1.77. The van der Waals surface area contributed by atoms with Crippen LogP contribution in [0.2, 0.25) is 0 Å². The first kappa shape index (κ1) is 17.4. The summed E-state index contributed by atoms with van der Waals surface area (Å²) in [4.78, 5) is 8.73. The summed E-state index contributed by atoms with van der Waals surface area (Å²) in [6.07, 6.45) is 8.43. The fourth-order valence-corrected chi connectivity index (χ4v) is 5.38. The summed E-state index contributed by atoms with van der Waals surface area (Å²) in [6, 6.07) is 1.78. The second-order valence-corrected chi connectivity index (χ2v) is 8.91. The molecule has 1 N–H and O–H groups in total. The van der Waals surface area contributed by atoms with E-state index in [2.05, 4.69) is 19.8 Å². The minimum absolute atomic E-state index is 0.0249. The lowest BCUT2D eigenvalue weighted by atomic mass is 9.96. The number of thioether (sulfide) groups is 1. The lowest BCUT2D eigenvalue weighted by Crippen LogP contribution is -2.38. The molecule has 0 atom stereocenters. The van der Waals surface area contributed by atoms with E-state index in [4.69, 9.17) is 0 Å². The Morgan fingerprint density at radius 1 is 1.21 bits per heavy atom. The van der Waals surface area contributed by atoms with Crippen LogP contribution in [0.3, 0.4) is 0 Å². The van der Waals surface area contributed by atoms with Gasteiger partial charge in [0.2, 0.25) is 10.0 Å². The molecule has 0 unspecified atom stereocenters. The molecule has 3 rings (SSSR count). The minimum atomic E-state index is -3.51. The van der Waals surface area contributed by atoms with Crippen LogP contribution in [-0.2, 0) is 17.1 Å². The Kier molecular flexibility index (Phi) is 5.21. The molecule has 2 aromatic rings. The first-order valence-electron chi connectivity index (χ1n) is 7.90. The van der Waals surface area contributed by atoms with Crippen molar-refractivity contribution >= 4 is 21.8 Å². The van der Waals surface area contributed by atoms with Gasteiger partial charge in [-0.25, -0.2) is 23.1 Å². The minimum Gasteiger partial charge on any atom is -0.272 e. The first-order valence-corrected chi connectivity index (χ1v) is 10.3. The van der Waals surface area contributed by atoms with Gasteiger partial charge in [0, 0.05) is 30.7 Å². The molecule has 1 aliphatic rings. The highest BCUT2D eigenvalue weighted by molar-refractivity contribution is 7.99. The smallest absolute Gasteiger partial charge is 0.244 e. The predicted molar refractivity (Wildman–Crippen MR) is 92.2 cm³/mol. The highest BCUT2D eigenvalue weighted by Gasteiger charge is 2.28. The fourth-order valence-electron chi connectivity index (χ4n) is 2.82. The molecule has 0 bridgehead atoms. The molecule has 24 heavy (non-hydrogen) atoms. The highest BCUT2D eigenvalue weighted by atomic mass is 32.2. The van der Waals surface area contributed by atoms with Gasteiger partial charge in [-0.2, -0.15) is 5.10 Å². The van der Waals surface area contributed by atoms with E-state index >= 15 is 0 Å². The van der Waals surface area contributed by atoms with Crippen LogP contribution in [0.5, 0.6) is 0 Å². The number of aromatic nitrogens is 4. The van der Waals surface area contributed by atoms with Gasteiger partial charge in [0.25, 0.3) is 0 Å². The van der Waals surface area contributed by atoms with E-state index < -0.39 is 10.0 Å². The third-order valence-corrected chi connectivity index (χ3v) is 7.14. The van der Waals surface area contributed by atoms with Crippen LogP contribution in [0.15, 0.2) is 34.7 Å². The van der Waals surface area contributed by atoms with E-state index in [-0.39, 0.29) is 10.9 Å². The number of hydrogen-bond donors (Lipinski definition) is 1. The Labute approximate surface area is 146 Å². The van der Waals surface area contributed by atoms with E-state index in [9.17, 15) is 8.42 Å². The van der Waals surface area contributed by atoms with Crippen molar-refractivity contribution in [1.29, 1.82) is 0 Å². The van der Waals surface area contributed by atoms with Crippen molar-refractivity contribution in [3.05, 3.63) is 30.4 Å². The van der Waals surface area contributed by atoms with Gasteiger partial charge in [0.15, 0.2) is 5.16 Å². The lowest BCUT2D eigenvalue weighted by molar-refractivity contribution is 0.419. The number of rotatable bonds is 5. The molecule has 130 valence electrons. The van der Waals surface area contributed by atoms with Gasteiger partial charge in [0.05, 0.1) is 11.9 Å². The van der Waals surface area contributed by atoms with Gasteiger partial charge in [-0.3, -0.25) is 4.68 Å². The maximum Gasteiger partial charge on any atom is 0.244 e. The summed E-state index contributed by atoms with van der Waals surface area (Å²) in [6.45, 7) is 1.76. The van der Waals surface area contributed by atoms with Crippen molar-refractivity contribution in [2.75, 3.05) is 0 Å². The average Bonchev–Trinajstić information content (AvgIpc) is 2.90. The van der Waals surface area contributed by atoms with Crippen LogP contribution in [0.1, 0.15) is 31.4 Å². The second kappa shape index (κ2) is 7.20. The Morgan fingerprint density at radius 2 is 1.88 bits per heavy atom. The SMILES string of the molecule is Cc1c(S(=O)(=O)NC2CCC(Sc3ncccn3)CC2)cnn1C. The van der Waals surface area contributed by atoms with E-state index in [1.165, 1.54) is 6.20 Å². The summed E-state index contributed by atoms with van der Waals surface area (Å²) in [5.41, 5.74) is 0.646. The Balaban J connectivity index is 1.56. The standard InChI is InChI=1S/C15H21N5O2S2/c1-11-14(10-18-20(11)2)24(21,22)19-12-4-6-13(7-5-12)23-15-16-8-3-9-17-15/h3,8-10,12-13,19H,4-7H2,1-2H3. The molecular weight excluding hydrogens is 346 g/mol. The lowest BCUT2D eigenvalue weighted by Gasteiger charge is -2.28. The predicted octanol–water partition coefficient (Wildman–Crippen LogP) is 1.90. The molecule has 0 aromatic carbocycles. The van der Waals surface area contributed by atoms with Gasteiger partial charge < -0.3 is 0 Å². The van der Waals surface area contributed by atoms with Gasteiger partial charge in [-0.15, -0.1) is 0 Å². The zero-order valence-corrected chi connectivity index (χ0v) is 15.3. The summed E-state index contributed by atoms with van der Waals surface area (Å²) in [5.74, 6) is 0. The molecule has 0 spiro atoms. The van der Waals surface area contributed by atoms with Gasteiger partial charge in [0.1, 0.15) is 4.90 Å². The molecule has 9 heteroatoms. The molecular formula is C15H21N5O2S2. The molecule has 0 saturated heterocycles. The Bertz CT molecular complexity index is 783. The quantitative estimate of drug-likeness (QED) is 0.812. The maximum atomic E-state index is 12.5. The molecule has 0 amide bonds. The van der Waals surface area contributed by atoms with Crippen LogP contribution >= 0.6 is 11.8 Å². The number of hydrogen-bond acceptors (Lipinski definition) is 6. The number of sulfonamides is 1. The molecule has 2 heterocycles. The summed E-state index contributed by atoms with van der Waals surface area (Å²) in [5, 5.41) is 5.24. The van der Waals surface area contributed by atoms with Crippen molar-refractivity contribution in [2.45, 2.75) is 54.0 Å². The van der Waals surface area contributed by atoms with Crippen molar-refractivity contribution < 1.29 is 8.42 Å². The molecule has 7 nitrogen and oxygen atoms in total. The van der Waals surface area contributed by atoms with Gasteiger partial charge in [-0.1, -0.05) is 11.8 Å².